The van der Waals surface area contributed by atoms with E-state index < -0.39 is 17.8 Å². The second-order valence-electron chi connectivity index (χ2n) is 8.91. The van der Waals surface area contributed by atoms with Crippen LogP contribution in [0.15, 0.2) is 76.3 Å². The number of fused-ring (bicyclic) bond motifs is 1. The molecule has 1 amide bonds. The van der Waals surface area contributed by atoms with Crippen molar-refractivity contribution in [3.8, 4) is 0 Å². The molecule has 3 aliphatic heterocycles. The van der Waals surface area contributed by atoms with Gasteiger partial charge in [0.1, 0.15) is 5.82 Å². The SMILES string of the molecule is CCOC(=O)C1=C(c2ccccc2)N=C2SC=C(CC(=O)NCC3CCCO3)N2C1c1cccc(F)c1. The Morgan fingerprint density at radius 3 is 2.78 bits per heavy atom. The Labute approximate surface area is 219 Å². The van der Waals surface area contributed by atoms with Crippen LogP contribution >= 0.6 is 11.8 Å². The minimum absolute atomic E-state index is 0.0369. The first-order valence-electron chi connectivity index (χ1n) is 12.4. The first-order valence-corrected chi connectivity index (χ1v) is 13.3. The summed E-state index contributed by atoms with van der Waals surface area (Å²) in [5, 5.41) is 5.44. The summed E-state index contributed by atoms with van der Waals surface area (Å²) in [5.74, 6) is -1.10. The van der Waals surface area contributed by atoms with Crippen molar-refractivity contribution in [3.05, 3.63) is 88.2 Å². The zero-order chi connectivity index (χ0) is 25.8. The molecular weight excluding hydrogens is 493 g/mol. The fourth-order valence-corrected chi connectivity index (χ4v) is 5.66. The van der Waals surface area contributed by atoms with Crippen molar-refractivity contribution in [3.63, 3.8) is 0 Å². The molecule has 2 aromatic rings. The highest BCUT2D eigenvalue weighted by atomic mass is 32.2. The number of thioether (sulfide) groups is 1. The standard InChI is InChI=1S/C28H28FN3O4S/c1-2-35-27(34)24-25(18-8-4-3-5-9-18)31-28-32(26(24)19-10-6-11-20(29)14-19)21(17-37-28)15-23(33)30-16-22-12-7-13-36-22/h3-6,8-11,14,17,22,26H,2,7,12-13,15-16H2,1H3,(H,30,33). The lowest BCUT2D eigenvalue weighted by molar-refractivity contribution is -0.139. The molecule has 7 nitrogen and oxygen atoms in total. The van der Waals surface area contributed by atoms with Crippen molar-refractivity contribution < 1.29 is 23.5 Å². The van der Waals surface area contributed by atoms with Gasteiger partial charge in [0.2, 0.25) is 5.91 Å². The summed E-state index contributed by atoms with van der Waals surface area (Å²) < 4.78 is 25.5. The molecule has 1 fully saturated rings. The van der Waals surface area contributed by atoms with Crippen molar-refractivity contribution >= 4 is 34.5 Å². The number of nitrogens with one attached hydrogen (secondary N) is 1. The normalized spacial score (nSPS) is 20.9. The van der Waals surface area contributed by atoms with Crippen LogP contribution in [-0.2, 0) is 19.1 Å². The smallest absolute Gasteiger partial charge is 0.338 e. The summed E-state index contributed by atoms with van der Waals surface area (Å²) in [5.41, 5.74) is 2.77. The number of hydrogen-bond donors (Lipinski definition) is 1. The number of carbonyl (C=O) groups excluding carboxylic acids is 2. The molecule has 0 aromatic heterocycles. The van der Waals surface area contributed by atoms with E-state index in [1.807, 2.05) is 40.6 Å². The van der Waals surface area contributed by atoms with Crippen LogP contribution in [0.5, 0.6) is 0 Å². The highest BCUT2D eigenvalue weighted by Gasteiger charge is 2.42. The Hall–Kier alpha value is -3.43. The Balaban J connectivity index is 1.53. The highest BCUT2D eigenvalue weighted by molar-refractivity contribution is 8.16. The van der Waals surface area contributed by atoms with E-state index in [1.54, 1.807) is 19.1 Å². The molecule has 3 aliphatic rings. The Morgan fingerprint density at radius 1 is 1.22 bits per heavy atom. The Kier molecular flexibility index (Phi) is 7.71. The molecule has 9 heteroatoms. The number of nitrogens with zero attached hydrogens (tertiary/aromatic N) is 2. The quantitative estimate of drug-likeness (QED) is 0.504. The average Bonchev–Trinajstić information content (AvgIpc) is 3.57. The molecule has 0 aliphatic carbocycles. The molecule has 2 unspecified atom stereocenters. The van der Waals surface area contributed by atoms with Crippen molar-refractivity contribution in [1.29, 1.82) is 0 Å². The van der Waals surface area contributed by atoms with Gasteiger partial charge < -0.3 is 19.7 Å². The van der Waals surface area contributed by atoms with Gasteiger partial charge in [-0.25, -0.2) is 14.2 Å². The number of halogens is 1. The molecule has 0 bridgehead atoms. The van der Waals surface area contributed by atoms with E-state index in [9.17, 15) is 14.0 Å². The van der Waals surface area contributed by atoms with Crippen LogP contribution in [0.3, 0.4) is 0 Å². The van der Waals surface area contributed by atoms with Crippen LogP contribution in [0.4, 0.5) is 4.39 Å². The number of amidine groups is 1. The minimum Gasteiger partial charge on any atom is -0.463 e. The maximum absolute atomic E-state index is 14.4. The lowest BCUT2D eigenvalue weighted by Crippen LogP contribution is -2.39. The van der Waals surface area contributed by atoms with Gasteiger partial charge in [-0.05, 0) is 42.9 Å². The van der Waals surface area contributed by atoms with Crippen LogP contribution in [0.1, 0.15) is 43.4 Å². The molecule has 0 radical (unpaired) electrons. The summed E-state index contributed by atoms with van der Waals surface area (Å²) in [6.07, 6.45) is 2.05. The first-order chi connectivity index (χ1) is 18.0. The number of benzene rings is 2. The monoisotopic (exact) mass is 521 g/mol. The van der Waals surface area contributed by atoms with Gasteiger partial charge in [-0.15, -0.1) is 0 Å². The number of amides is 1. The van der Waals surface area contributed by atoms with E-state index in [4.69, 9.17) is 14.5 Å². The molecule has 37 heavy (non-hydrogen) atoms. The maximum Gasteiger partial charge on any atom is 0.338 e. The third kappa shape index (κ3) is 5.47. The molecule has 0 saturated carbocycles. The summed E-state index contributed by atoms with van der Waals surface area (Å²) in [4.78, 5) is 33.0. The second kappa shape index (κ2) is 11.3. The largest absolute Gasteiger partial charge is 0.463 e. The third-order valence-electron chi connectivity index (χ3n) is 6.41. The Morgan fingerprint density at radius 2 is 2.05 bits per heavy atom. The summed E-state index contributed by atoms with van der Waals surface area (Å²) in [7, 11) is 0. The van der Waals surface area contributed by atoms with Crippen molar-refractivity contribution in [2.75, 3.05) is 19.8 Å². The highest BCUT2D eigenvalue weighted by Crippen LogP contribution is 2.47. The van der Waals surface area contributed by atoms with E-state index in [0.29, 0.717) is 34.2 Å². The number of hydrogen-bond acceptors (Lipinski definition) is 7. The lowest BCUT2D eigenvalue weighted by Gasteiger charge is -2.36. The van der Waals surface area contributed by atoms with Gasteiger partial charge in [-0.3, -0.25) is 4.79 Å². The van der Waals surface area contributed by atoms with Crippen LogP contribution < -0.4 is 5.32 Å². The number of ether oxygens (including phenoxy) is 2. The zero-order valence-corrected chi connectivity index (χ0v) is 21.3. The van der Waals surface area contributed by atoms with Gasteiger partial charge in [-0.1, -0.05) is 54.2 Å². The molecule has 2 aromatic carbocycles. The fourth-order valence-electron chi connectivity index (χ4n) is 4.74. The van der Waals surface area contributed by atoms with Gasteiger partial charge in [0.25, 0.3) is 0 Å². The van der Waals surface area contributed by atoms with Gasteiger partial charge in [0.15, 0.2) is 5.17 Å². The van der Waals surface area contributed by atoms with E-state index in [-0.39, 0.29) is 25.0 Å². The molecule has 0 spiro atoms. The van der Waals surface area contributed by atoms with Crippen molar-refractivity contribution in [2.45, 2.75) is 38.3 Å². The summed E-state index contributed by atoms with van der Waals surface area (Å²) >= 11 is 1.38. The Bertz CT molecular complexity index is 1270. The van der Waals surface area contributed by atoms with Crippen LogP contribution in [0.2, 0.25) is 0 Å². The van der Waals surface area contributed by atoms with Gasteiger partial charge in [0.05, 0.1) is 36.4 Å². The molecule has 5 rings (SSSR count). The van der Waals surface area contributed by atoms with Gasteiger partial charge >= 0.3 is 5.97 Å². The van der Waals surface area contributed by atoms with Crippen LogP contribution in [0, 0.1) is 5.82 Å². The number of esters is 1. The molecule has 2 atom stereocenters. The number of aliphatic imine (C=N–C) groups is 1. The van der Waals surface area contributed by atoms with Gasteiger partial charge in [-0.2, -0.15) is 0 Å². The minimum atomic E-state index is -0.718. The fraction of sp³-hybridized carbons (Fsp3) is 0.321. The average molecular weight is 522 g/mol. The summed E-state index contributed by atoms with van der Waals surface area (Å²) in [6, 6.07) is 14.8. The van der Waals surface area contributed by atoms with E-state index in [1.165, 1.54) is 23.9 Å². The van der Waals surface area contributed by atoms with Crippen molar-refractivity contribution in [1.82, 2.24) is 10.2 Å². The predicted molar refractivity (Wildman–Crippen MR) is 141 cm³/mol. The molecule has 192 valence electrons. The number of carbonyl (C=O) groups is 2. The van der Waals surface area contributed by atoms with E-state index in [0.717, 1.165) is 25.0 Å². The molecule has 1 saturated heterocycles. The van der Waals surface area contributed by atoms with Crippen LogP contribution in [-0.4, -0.2) is 47.8 Å². The molecule has 3 heterocycles. The van der Waals surface area contributed by atoms with Crippen molar-refractivity contribution in [2.24, 2.45) is 4.99 Å². The third-order valence-corrected chi connectivity index (χ3v) is 7.30. The van der Waals surface area contributed by atoms with E-state index >= 15 is 0 Å². The second-order valence-corrected chi connectivity index (χ2v) is 9.75. The topological polar surface area (TPSA) is 80.2 Å². The van der Waals surface area contributed by atoms with Gasteiger partial charge in [0, 0.05) is 24.4 Å². The number of rotatable bonds is 8. The van der Waals surface area contributed by atoms with Crippen LogP contribution in [0.25, 0.3) is 5.70 Å². The lowest BCUT2D eigenvalue weighted by atomic mass is 9.91. The molecular formula is C28H28FN3O4S. The van der Waals surface area contributed by atoms with E-state index in [2.05, 4.69) is 5.32 Å². The first kappa shape index (κ1) is 25.2. The predicted octanol–water partition coefficient (Wildman–Crippen LogP) is 4.79. The zero-order valence-electron chi connectivity index (χ0n) is 20.5. The summed E-state index contributed by atoms with van der Waals surface area (Å²) in [6.45, 7) is 3.10. The maximum atomic E-state index is 14.4. The molecule has 1 N–H and O–H groups in total.